The van der Waals surface area contributed by atoms with Gasteiger partial charge >= 0.3 is 5.97 Å². The van der Waals surface area contributed by atoms with E-state index in [4.69, 9.17) is 33.2 Å². The van der Waals surface area contributed by atoms with E-state index in [-0.39, 0.29) is 54.4 Å². The number of hydrogen-bond donors (Lipinski definition) is 6. The monoisotopic (exact) mass is 886 g/mol. The first kappa shape index (κ1) is 45.8. The molecular weight excluding hydrogens is 820 g/mol. The molecule has 3 saturated heterocycles. The molecule has 350 valence electrons. The number of esters is 1. The summed E-state index contributed by atoms with van der Waals surface area (Å²) in [6.45, 7) is 9.55. The lowest BCUT2D eigenvalue weighted by Crippen LogP contribution is -2.67. The fourth-order valence-corrected chi connectivity index (χ4v) is 13.6. The van der Waals surface area contributed by atoms with Crippen LogP contribution in [-0.2, 0) is 38.0 Å². The third kappa shape index (κ3) is 8.17. The second-order valence-corrected chi connectivity index (χ2v) is 20.6. The Morgan fingerprint density at radius 2 is 1.32 bits per heavy atom. The molecular formula is C48H67FO14. The van der Waals surface area contributed by atoms with E-state index in [0.29, 0.717) is 42.1 Å². The standard InChI is InChI=1S/C48H67FO14/c1-23-43(55)34(50)20-41(57-23)62-45-25(3)59-42(22-36(45)52)63-44-24(2)58-40(21-35(44)51)60-29-12-14-46(4)27(17-29)8-11-32-33(46)19-38(53)47(5)31(13-15-48(32,47)56)30-18-39(54)61-37(30)16-26-6-9-28(49)10-7-26/h6-7,9-10,16,18,23-25,27,29,31-36,38,40-45,50-53,55-56H,8,11-15,17,19-22H2,1-5H3/b37-16-/t23-,24-,25-,27-,29+,31-,32-,33+,34+,35+,36+,38-,40+,41+,42+,43-,44-,45-,46+,47+,48+/m1/s1. The first-order valence-electron chi connectivity index (χ1n) is 23.3. The molecule has 4 aliphatic heterocycles. The molecule has 0 spiro atoms. The Morgan fingerprint density at radius 3 is 1.94 bits per heavy atom. The summed E-state index contributed by atoms with van der Waals surface area (Å²) in [4.78, 5) is 12.7. The highest BCUT2D eigenvalue weighted by molar-refractivity contribution is 5.90. The van der Waals surface area contributed by atoms with Gasteiger partial charge in [0.15, 0.2) is 18.9 Å². The van der Waals surface area contributed by atoms with Crippen LogP contribution in [0.1, 0.15) is 111 Å². The van der Waals surface area contributed by atoms with Gasteiger partial charge in [0.25, 0.3) is 0 Å². The number of cyclic esters (lactones) is 1. The van der Waals surface area contributed by atoms with Crippen molar-refractivity contribution in [3.05, 3.63) is 53.1 Å². The maximum absolute atomic E-state index is 13.7. The van der Waals surface area contributed by atoms with E-state index in [1.165, 1.54) is 18.2 Å². The van der Waals surface area contributed by atoms with Crippen molar-refractivity contribution in [1.29, 1.82) is 0 Å². The summed E-state index contributed by atoms with van der Waals surface area (Å²) in [5, 5.41) is 67.7. The molecule has 4 aliphatic carbocycles. The molecule has 0 bridgehead atoms. The number of aliphatic hydroxyl groups excluding tert-OH is 5. The number of hydrogen-bond acceptors (Lipinski definition) is 14. The molecule has 21 atom stereocenters. The Balaban J connectivity index is 0.794. The molecule has 14 nitrogen and oxygen atoms in total. The smallest absolute Gasteiger partial charge is 0.336 e. The minimum absolute atomic E-state index is 0.0261. The van der Waals surface area contributed by atoms with Gasteiger partial charge in [0.2, 0.25) is 0 Å². The summed E-state index contributed by atoms with van der Waals surface area (Å²) >= 11 is 0. The van der Waals surface area contributed by atoms with E-state index in [9.17, 15) is 39.8 Å². The molecule has 1 aromatic carbocycles. The molecule has 1 aromatic rings. The van der Waals surface area contributed by atoms with Crippen LogP contribution in [0.3, 0.4) is 0 Å². The molecule has 0 unspecified atom stereocenters. The van der Waals surface area contributed by atoms with Gasteiger partial charge in [0, 0.05) is 36.3 Å². The predicted molar refractivity (Wildman–Crippen MR) is 222 cm³/mol. The average Bonchev–Trinajstić information content (AvgIpc) is 3.73. The minimum atomic E-state index is -1.15. The third-order valence-electron chi connectivity index (χ3n) is 17.1. The van der Waals surface area contributed by atoms with Gasteiger partial charge in [0.05, 0.1) is 54.4 Å². The molecule has 63 heavy (non-hydrogen) atoms. The van der Waals surface area contributed by atoms with Crippen LogP contribution < -0.4 is 0 Å². The number of allylic oxidation sites excluding steroid dienone is 1. The highest BCUT2D eigenvalue weighted by atomic mass is 19.1. The molecule has 0 radical (unpaired) electrons. The van der Waals surface area contributed by atoms with Crippen LogP contribution in [-0.4, -0.2) is 128 Å². The summed E-state index contributed by atoms with van der Waals surface area (Å²) in [6.07, 6.45) is -0.925. The molecule has 9 rings (SSSR count). The highest BCUT2D eigenvalue weighted by Crippen LogP contribution is 2.70. The number of benzene rings is 1. The van der Waals surface area contributed by atoms with Crippen molar-refractivity contribution in [2.45, 2.75) is 197 Å². The molecule has 15 heteroatoms. The van der Waals surface area contributed by atoms with Crippen LogP contribution in [0.2, 0.25) is 0 Å². The van der Waals surface area contributed by atoms with Crippen molar-refractivity contribution < 1.29 is 73.0 Å². The molecule has 6 N–H and O–H groups in total. The lowest BCUT2D eigenvalue weighted by molar-refractivity contribution is -0.336. The molecule has 4 heterocycles. The van der Waals surface area contributed by atoms with Gasteiger partial charge < -0.3 is 63.8 Å². The summed E-state index contributed by atoms with van der Waals surface area (Å²) in [5.74, 6) is -0.391. The Hall–Kier alpha value is -2.38. The van der Waals surface area contributed by atoms with E-state index in [2.05, 4.69) is 6.92 Å². The van der Waals surface area contributed by atoms with Crippen molar-refractivity contribution >= 4 is 12.0 Å². The number of fused-ring (bicyclic) bond motifs is 5. The number of ether oxygens (including phenoxy) is 7. The Bertz CT molecular complexity index is 1860. The highest BCUT2D eigenvalue weighted by Gasteiger charge is 2.71. The van der Waals surface area contributed by atoms with Gasteiger partial charge in [0.1, 0.15) is 29.9 Å². The maximum Gasteiger partial charge on any atom is 0.336 e. The average molecular weight is 887 g/mol. The topological polar surface area (TPSA) is 203 Å². The van der Waals surface area contributed by atoms with Crippen molar-refractivity contribution in [1.82, 2.24) is 0 Å². The van der Waals surface area contributed by atoms with Gasteiger partial charge in [-0.15, -0.1) is 0 Å². The number of aliphatic hydroxyl groups is 6. The van der Waals surface area contributed by atoms with E-state index in [0.717, 1.165) is 32.1 Å². The fourth-order valence-electron chi connectivity index (χ4n) is 13.6. The largest absolute Gasteiger partial charge is 0.423 e. The normalized spacial score (nSPS) is 50.6. The summed E-state index contributed by atoms with van der Waals surface area (Å²) in [6, 6.07) is 5.97. The SMILES string of the molecule is C[C@H]1O[C@@H](O[C@H]2[C@@H](O)C[C@H](O[C@H]3[C@@H](O)C[C@H](O[C@H]4CC[C@@]5(C)[C@H](CC[C@@H]6[C@@H]5C[C@@H](O)[C@]5(C)[C@@H](C7=CC(=O)O/C7=C\c7ccc(F)cc7)CC[C@]65O)C4)O[C@@H]3C)O[C@@H]2C)C[C@H](O)[C@@H]1O. The Kier molecular flexibility index (Phi) is 12.6. The Morgan fingerprint density at radius 1 is 0.714 bits per heavy atom. The summed E-state index contributed by atoms with van der Waals surface area (Å²) in [7, 11) is 0. The number of carbonyl (C=O) groups excluding carboxylic acids is 1. The second-order valence-electron chi connectivity index (χ2n) is 20.6. The van der Waals surface area contributed by atoms with E-state index in [1.807, 2.05) is 13.8 Å². The lowest BCUT2D eigenvalue weighted by atomic mass is 9.42. The second kappa shape index (κ2) is 17.4. The van der Waals surface area contributed by atoms with Crippen LogP contribution in [0.4, 0.5) is 4.39 Å². The van der Waals surface area contributed by atoms with E-state index < -0.39 is 96.9 Å². The van der Waals surface area contributed by atoms with Crippen molar-refractivity contribution in [3.63, 3.8) is 0 Å². The van der Waals surface area contributed by atoms with Gasteiger partial charge in [-0.05, 0) is 125 Å². The number of carbonyl (C=O) groups is 1. The maximum atomic E-state index is 13.7. The van der Waals surface area contributed by atoms with Crippen LogP contribution >= 0.6 is 0 Å². The zero-order valence-electron chi connectivity index (χ0n) is 37.0. The number of halogens is 1. The molecule has 4 saturated carbocycles. The lowest BCUT2D eigenvalue weighted by Gasteiger charge is -2.65. The van der Waals surface area contributed by atoms with Crippen LogP contribution in [0.25, 0.3) is 6.08 Å². The zero-order chi connectivity index (χ0) is 44.7. The molecule has 0 amide bonds. The van der Waals surface area contributed by atoms with Crippen molar-refractivity contribution in [2.24, 2.45) is 34.5 Å². The molecule has 7 fully saturated rings. The van der Waals surface area contributed by atoms with Gasteiger partial charge in [-0.25, -0.2) is 9.18 Å². The van der Waals surface area contributed by atoms with Crippen molar-refractivity contribution in [2.75, 3.05) is 0 Å². The van der Waals surface area contributed by atoms with Crippen molar-refractivity contribution in [3.8, 4) is 0 Å². The third-order valence-corrected chi connectivity index (χ3v) is 17.1. The van der Waals surface area contributed by atoms with Crippen LogP contribution in [0, 0.1) is 40.3 Å². The fraction of sp³-hybridized carbons (Fsp3) is 0.771. The van der Waals surface area contributed by atoms with E-state index in [1.54, 1.807) is 32.1 Å². The Labute approximate surface area is 368 Å². The van der Waals surface area contributed by atoms with Crippen LogP contribution in [0.5, 0.6) is 0 Å². The minimum Gasteiger partial charge on any atom is -0.423 e. The number of rotatable bonds is 8. The van der Waals surface area contributed by atoms with Gasteiger partial charge in [-0.2, -0.15) is 0 Å². The first-order chi connectivity index (χ1) is 29.9. The molecule has 0 aromatic heterocycles. The van der Waals surface area contributed by atoms with Gasteiger partial charge in [-0.3, -0.25) is 0 Å². The molecule has 8 aliphatic rings. The first-order valence-corrected chi connectivity index (χ1v) is 23.3. The van der Waals surface area contributed by atoms with Crippen LogP contribution in [0.15, 0.2) is 41.7 Å². The summed E-state index contributed by atoms with van der Waals surface area (Å²) in [5.41, 5.74) is -0.817. The van der Waals surface area contributed by atoms with E-state index >= 15 is 0 Å². The summed E-state index contributed by atoms with van der Waals surface area (Å²) < 4.78 is 56.3. The zero-order valence-corrected chi connectivity index (χ0v) is 37.0. The quantitative estimate of drug-likeness (QED) is 0.158. The van der Waals surface area contributed by atoms with Gasteiger partial charge in [-0.1, -0.05) is 26.0 Å². The predicted octanol–water partition coefficient (Wildman–Crippen LogP) is 4.40.